The van der Waals surface area contributed by atoms with Crippen LogP contribution in [-0.2, 0) is 15.9 Å². The molecule has 0 spiro atoms. The number of halogens is 1. The Balaban J connectivity index is 1.81. The summed E-state index contributed by atoms with van der Waals surface area (Å²) in [6, 6.07) is 7.41. The number of thiophene rings is 1. The fourth-order valence-electron chi connectivity index (χ4n) is 3.56. The van der Waals surface area contributed by atoms with Crippen LogP contribution in [0.15, 0.2) is 24.3 Å². The largest absolute Gasteiger partial charge is 0.465 e. The first kappa shape index (κ1) is 16.8. The molecule has 1 N–H and O–H groups in total. The van der Waals surface area contributed by atoms with Crippen LogP contribution in [-0.4, -0.2) is 35.9 Å². The summed E-state index contributed by atoms with van der Waals surface area (Å²) >= 11 is 7.80. The van der Waals surface area contributed by atoms with Crippen molar-refractivity contribution in [2.75, 3.05) is 19.8 Å². The zero-order chi connectivity index (χ0) is 17.6. The van der Waals surface area contributed by atoms with E-state index in [-0.39, 0.29) is 12.3 Å². The lowest BCUT2D eigenvalue weighted by molar-refractivity contribution is -0.0413. The average Bonchev–Trinajstić information content (AvgIpc) is 3.23. The molecule has 1 aromatic carbocycles. The molecule has 4 rings (SSSR count). The van der Waals surface area contributed by atoms with Crippen molar-refractivity contribution in [3.63, 3.8) is 0 Å². The number of ether oxygens (including phenoxy) is 2. The number of benzene rings is 1. The van der Waals surface area contributed by atoms with Crippen LogP contribution < -0.4 is 0 Å². The van der Waals surface area contributed by atoms with Gasteiger partial charge in [0.05, 0.1) is 24.1 Å². The smallest absolute Gasteiger partial charge is 0.408 e. The van der Waals surface area contributed by atoms with Crippen molar-refractivity contribution in [2.45, 2.75) is 25.7 Å². The lowest BCUT2D eigenvalue weighted by Crippen LogP contribution is -2.39. The second kappa shape index (κ2) is 6.61. The summed E-state index contributed by atoms with van der Waals surface area (Å²) in [4.78, 5) is 15.4. The molecule has 2 aromatic rings. The van der Waals surface area contributed by atoms with Crippen LogP contribution in [0.3, 0.4) is 0 Å². The predicted molar refractivity (Wildman–Crippen MR) is 95.4 cm³/mol. The first-order valence-corrected chi connectivity index (χ1v) is 9.35. The Kier molecular flexibility index (Phi) is 4.45. The Morgan fingerprint density at radius 3 is 2.76 bits per heavy atom. The molecule has 0 bridgehead atoms. The molecule has 132 valence electrons. The Hall–Kier alpha value is -1.60. The minimum atomic E-state index is -0.920. The summed E-state index contributed by atoms with van der Waals surface area (Å²) < 4.78 is 11.2. The number of nitrogens with zero attached hydrogens (tertiary/aromatic N) is 1. The Morgan fingerprint density at radius 1 is 1.28 bits per heavy atom. The van der Waals surface area contributed by atoms with Crippen LogP contribution >= 0.6 is 22.9 Å². The van der Waals surface area contributed by atoms with Gasteiger partial charge < -0.3 is 14.6 Å². The Morgan fingerprint density at radius 2 is 2.04 bits per heavy atom. The predicted octanol–water partition coefficient (Wildman–Crippen LogP) is 4.38. The second-order valence-electron chi connectivity index (χ2n) is 6.21. The molecule has 5 nitrogen and oxygen atoms in total. The molecule has 1 aromatic heterocycles. The van der Waals surface area contributed by atoms with Crippen molar-refractivity contribution in [2.24, 2.45) is 0 Å². The average molecular weight is 380 g/mol. The van der Waals surface area contributed by atoms with Crippen LogP contribution in [0.5, 0.6) is 0 Å². The molecule has 25 heavy (non-hydrogen) atoms. The minimum absolute atomic E-state index is 0.349. The first-order valence-electron chi connectivity index (χ1n) is 8.16. The first-order chi connectivity index (χ1) is 12.0. The second-order valence-corrected chi connectivity index (χ2v) is 7.93. The maximum Gasteiger partial charge on any atom is 0.408 e. The van der Waals surface area contributed by atoms with Crippen LogP contribution in [0.4, 0.5) is 4.79 Å². The molecule has 1 fully saturated rings. The van der Waals surface area contributed by atoms with Gasteiger partial charge in [-0.3, -0.25) is 4.90 Å². The van der Waals surface area contributed by atoms with Gasteiger partial charge in [0.25, 0.3) is 0 Å². The molecule has 1 amide bonds. The SMILES string of the molecule is Cc1sc(C2OCCO2)cc1[C@H]1c2cc(Cl)ccc2CCN1C(=O)O. The molecule has 1 saturated heterocycles. The van der Waals surface area contributed by atoms with E-state index in [2.05, 4.69) is 0 Å². The van der Waals surface area contributed by atoms with Crippen molar-refractivity contribution < 1.29 is 19.4 Å². The van der Waals surface area contributed by atoms with Gasteiger partial charge in [0.15, 0.2) is 6.29 Å². The lowest BCUT2D eigenvalue weighted by atomic mass is 9.88. The van der Waals surface area contributed by atoms with Gasteiger partial charge in [-0.2, -0.15) is 0 Å². The molecule has 2 aliphatic heterocycles. The Bertz CT molecular complexity index is 815. The van der Waals surface area contributed by atoms with Gasteiger partial charge in [-0.05, 0) is 48.2 Å². The summed E-state index contributed by atoms with van der Waals surface area (Å²) in [6.45, 7) is 3.65. The summed E-state index contributed by atoms with van der Waals surface area (Å²) in [5, 5.41) is 10.3. The number of rotatable bonds is 2. The van der Waals surface area contributed by atoms with E-state index in [1.165, 1.54) is 4.90 Å². The number of hydrogen-bond acceptors (Lipinski definition) is 4. The summed E-state index contributed by atoms with van der Waals surface area (Å²) in [5.41, 5.74) is 3.08. The highest BCUT2D eigenvalue weighted by Crippen LogP contribution is 2.42. The van der Waals surface area contributed by atoms with E-state index >= 15 is 0 Å². The summed E-state index contributed by atoms with van der Waals surface area (Å²) in [5.74, 6) is 0. The third-order valence-electron chi connectivity index (χ3n) is 4.71. The van der Waals surface area contributed by atoms with Gasteiger partial charge in [-0.25, -0.2) is 4.79 Å². The van der Waals surface area contributed by atoms with Gasteiger partial charge >= 0.3 is 6.09 Å². The van der Waals surface area contributed by atoms with Gasteiger partial charge in [-0.1, -0.05) is 17.7 Å². The van der Waals surface area contributed by atoms with Crippen LogP contribution in [0.25, 0.3) is 0 Å². The maximum atomic E-state index is 11.9. The van der Waals surface area contributed by atoms with Gasteiger partial charge in [0.1, 0.15) is 0 Å². The van der Waals surface area contributed by atoms with Crippen molar-refractivity contribution in [3.05, 3.63) is 55.7 Å². The van der Waals surface area contributed by atoms with E-state index in [9.17, 15) is 9.90 Å². The molecule has 0 saturated carbocycles. The lowest BCUT2D eigenvalue weighted by Gasteiger charge is -2.35. The summed E-state index contributed by atoms with van der Waals surface area (Å²) in [6.07, 6.45) is -0.575. The standard InChI is InChI=1S/C18H18ClNO4S/c1-10-13(9-15(25-10)17-23-6-7-24-17)16-14-8-12(19)3-2-11(14)4-5-20(16)18(21)22/h2-3,8-9,16-17H,4-7H2,1H3,(H,21,22)/t16-/m0/s1. The molecule has 0 aliphatic carbocycles. The number of hydrogen-bond donors (Lipinski definition) is 1. The van der Waals surface area contributed by atoms with Crippen LogP contribution in [0.2, 0.25) is 5.02 Å². The highest BCUT2D eigenvalue weighted by Gasteiger charge is 2.35. The van der Waals surface area contributed by atoms with Crippen molar-refractivity contribution in [1.82, 2.24) is 4.90 Å². The quantitative estimate of drug-likeness (QED) is 0.841. The number of carboxylic acid groups (broad SMARTS) is 1. The minimum Gasteiger partial charge on any atom is -0.465 e. The highest BCUT2D eigenvalue weighted by atomic mass is 35.5. The van der Waals surface area contributed by atoms with E-state index in [4.69, 9.17) is 21.1 Å². The van der Waals surface area contributed by atoms with Gasteiger partial charge in [0, 0.05) is 16.4 Å². The van der Waals surface area contributed by atoms with Gasteiger partial charge in [-0.15, -0.1) is 11.3 Å². The maximum absolute atomic E-state index is 11.9. The van der Waals surface area contributed by atoms with E-state index in [1.807, 2.05) is 31.2 Å². The molecule has 7 heteroatoms. The molecule has 0 radical (unpaired) electrons. The van der Waals surface area contributed by atoms with Crippen molar-refractivity contribution in [3.8, 4) is 0 Å². The number of aryl methyl sites for hydroxylation is 1. The molecule has 1 atom stereocenters. The van der Waals surface area contributed by atoms with Crippen molar-refractivity contribution in [1.29, 1.82) is 0 Å². The fourth-order valence-corrected chi connectivity index (χ4v) is 4.80. The summed E-state index contributed by atoms with van der Waals surface area (Å²) in [7, 11) is 0. The van der Waals surface area contributed by atoms with Crippen LogP contribution in [0.1, 0.15) is 38.8 Å². The third-order valence-corrected chi connectivity index (χ3v) is 6.03. The van der Waals surface area contributed by atoms with Crippen LogP contribution in [0, 0.1) is 6.92 Å². The monoisotopic (exact) mass is 379 g/mol. The fraction of sp³-hybridized carbons (Fsp3) is 0.389. The van der Waals surface area contributed by atoms with Gasteiger partial charge in [0.2, 0.25) is 0 Å². The molecular weight excluding hydrogens is 362 g/mol. The van der Waals surface area contributed by atoms with Crippen molar-refractivity contribution >= 4 is 29.0 Å². The number of amides is 1. The van der Waals surface area contributed by atoms with E-state index in [0.29, 0.717) is 31.2 Å². The molecule has 2 aliphatic rings. The van der Waals surface area contributed by atoms with E-state index in [1.54, 1.807) is 11.3 Å². The topological polar surface area (TPSA) is 59.0 Å². The molecule has 3 heterocycles. The zero-order valence-electron chi connectivity index (χ0n) is 13.7. The zero-order valence-corrected chi connectivity index (χ0v) is 15.3. The molecule has 0 unspecified atom stereocenters. The number of carbonyl (C=O) groups is 1. The Labute approximate surface area is 154 Å². The number of fused-ring (bicyclic) bond motifs is 1. The third kappa shape index (κ3) is 3.04. The molecular formula is C18H18ClNO4S. The normalized spacial score (nSPS) is 20.7. The van der Waals surface area contributed by atoms with E-state index < -0.39 is 6.09 Å². The van der Waals surface area contributed by atoms with E-state index in [0.717, 1.165) is 26.4 Å². The highest BCUT2D eigenvalue weighted by molar-refractivity contribution is 7.12.